The smallest absolute Gasteiger partial charge is 0.252 e. The number of primary amides is 2. The van der Waals surface area contributed by atoms with E-state index in [-0.39, 0.29) is 47.9 Å². The summed E-state index contributed by atoms with van der Waals surface area (Å²) in [7, 11) is -7.96. The standard InChI is InChI=1S/C28H24N4O3S.C27H22N4O3S/c1-18-31-27-23(32(18)17-19-12-14-21(15-13-19)20-8-4-2-5-9-20)16-24(25(26(27)29)28(30)33)36(34,35)22-10-6-3-7-11-22;28-26(32)23-15-22(35(33,34)21-9-5-2-6-10-21)16-24-25(23)30-27(29)31(24)17-18-11-13-20(14-12-18)19-7-3-1-4-8-19/h2-16H,17,29H2,1H3,(H2,30,33);1-16H,17H2,(H2,28,32)(H2,29,30). The van der Waals surface area contributed by atoms with Crippen molar-refractivity contribution in [1.82, 2.24) is 19.1 Å². The molecule has 0 saturated carbocycles. The molecule has 0 spiro atoms. The van der Waals surface area contributed by atoms with E-state index in [1.54, 1.807) is 41.0 Å². The topological polar surface area (TPSA) is 242 Å². The fraction of sp³-hybridized carbons (Fsp3) is 0.0545. The fourth-order valence-electron chi connectivity index (χ4n) is 8.46. The SMILES string of the molecule is Cc1nc2c(N)c(C(N)=O)c(S(=O)(=O)c3ccccc3)cc2n1Cc1ccc(-c2ccccc2)cc1.NC(=O)c1cc(S(=O)(=O)c2ccccc2)cc2c1nc(N)n2Cc1ccc(-c2ccccc2)cc1. The predicted octanol–water partition coefficient (Wildman–Crippen LogP) is 8.84. The van der Waals surface area contributed by atoms with E-state index < -0.39 is 31.5 Å². The van der Waals surface area contributed by atoms with Crippen LogP contribution in [0.1, 0.15) is 37.7 Å². The summed E-state index contributed by atoms with van der Waals surface area (Å²) in [6.07, 6.45) is 0. The molecule has 2 heterocycles. The molecule has 0 radical (unpaired) electrons. The highest BCUT2D eigenvalue weighted by Crippen LogP contribution is 2.35. The molecule has 14 nitrogen and oxygen atoms in total. The van der Waals surface area contributed by atoms with Crippen LogP contribution in [0, 0.1) is 6.92 Å². The summed E-state index contributed by atoms with van der Waals surface area (Å²) in [6.45, 7) is 2.59. The summed E-state index contributed by atoms with van der Waals surface area (Å²) < 4.78 is 57.2. The number of aryl methyl sites for hydroxylation is 1. The van der Waals surface area contributed by atoms with Gasteiger partial charge in [0.15, 0.2) is 0 Å². The van der Waals surface area contributed by atoms with Crippen LogP contribution < -0.4 is 22.9 Å². The second-order valence-electron chi connectivity index (χ2n) is 16.7. The summed E-state index contributed by atoms with van der Waals surface area (Å²) >= 11 is 0. The molecule has 16 heteroatoms. The van der Waals surface area contributed by atoms with Crippen LogP contribution in [-0.4, -0.2) is 47.8 Å². The molecule has 0 bridgehead atoms. The largest absolute Gasteiger partial charge is 0.396 e. The number of aromatic nitrogens is 4. The average molecular weight is 979 g/mol. The zero-order chi connectivity index (χ0) is 50.0. The van der Waals surface area contributed by atoms with E-state index in [1.165, 1.54) is 42.5 Å². The van der Waals surface area contributed by atoms with Crippen LogP contribution in [0.25, 0.3) is 44.3 Å². The zero-order valence-corrected chi connectivity index (χ0v) is 39.8. The number of imidazole rings is 2. The number of rotatable bonds is 12. The minimum atomic E-state index is -4.07. The van der Waals surface area contributed by atoms with E-state index in [0.717, 1.165) is 33.4 Å². The van der Waals surface area contributed by atoms with E-state index in [0.29, 0.717) is 35.5 Å². The van der Waals surface area contributed by atoms with Crippen LogP contribution in [-0.2, 0) is 32.8 Å². The Hall–Kier alpha value is -8.86. The molecule has 10 rings (SSSR count). The van der Waals surface area contributed by atoms with Crippen LogP contribution in [0.4, 0.5) is 11.6 Å². The van der Waals surface area contributed by atoms with Gasteiger partial charge in [0.1, 0.15) is 16.9 Å². The minimum absolute atomic E-state index is 0.00174. The van der Waals surface area contributed by atoms with Gasteiger partial charge < -0.3 is 32.1 Å². The molecule has 0 fully saturated rings. The maximum Gasteiger partial charge on any atom is 0.252 e. The van der Waals surface area contributed by atoms with E-state index in [1.807, 2.05) is 109 Å². The number of nitrogens with zero attached hydrogens (tertiary/aromatic N) is 4. The van der Waals surface area contributed by atoms with Gasteiger partial charge in [-0.1, -0.05) is 146 Å². The first-order valence-corrected chi connectivity index (χ1v) is 25.2. The molecular weight excluding hydrogens is 933 g/mol. The minimum Gasteiger partial charge on any atom is -0.396 e. The molecule has 71 heavy (non-hydrogen) atoms. The number of sulfone groups is 2. The van der Waals surface area contributed by atoms with Gasteiger partial charge in [0.2, 0.25) is 25.6 Å². The number of anilines is 2. The Morgan fingerprint density at radius 1 is 0.479 bits per heavy atom. The molecule has 0 unspecified atom stereocenters. The average Bonchev–Trinajstić information content (AvgIpc) is 3.88. The van der Waals surface area contributed by atoms with Crippen molar-refractivity contribution in [3.8, 4) is 22.3 Å². The van der Waals surface area contributed by atoms with Crippen molar-refractivity contribution in [3.05, 3.63) is 216 Å². The summed E-state index contributed by atoms with van der Waals surface area (Å²) in [5, 5.41) is 0. The number of nitrogens with two attached hydrogens (primary N) is 4. The Labute approximate surface area is 409 Å². The first-order valence-electron chi connectivity index (χ1n) is 22.2. The van der Waals surface area contributed by atoms with Crippen molar-refractivity contribution < 1.29 is 26.4 Å². The van der Waals surface area contributed by atoms with Gasteiger partial charge in [-0.05, 0) is 82.8 Å². The Kier molecular flexibility index (Phi) is 12.8. The van der Waals surface area contributed by atoms with E-state index in [9.17, 15) is 26.4 Å². The highest BCUT2D eigenvalue weighted by Gasteiger charge is 2.29. The van der Waals surface area contributed by atoms with Crippen LogP contribution >= 0.6 is 0 Å². The molecule has 10 aromatic rings. The van der Waals surface area contributed by atoms with Crippen molar-refractivity contribution in [3.63, 3.8) is 0 Å². The van der Waals surface area contributed by atoms with Crippen molar-refractivity contribution in [2.24, 2.45) is 11.5 Å². The zero-order valence-electron chi connectivity index (χ0n) is 38.2. The van der Waals surface area contributed by atoms with E-state index in [4.69, 9.17) is 22.9 Å². The molecule has 8 N–H and O–H groups in total. The number of carbonyl (C=O) groups is 2. The highest BCUT2D eigenvalue weighted by molar-refractivity contribution is 7.91. The van der Waals surface area contributed by atoms with Crippen LogP contribution in [0.5, 0.6) is 0 Å². The highest BCUT2D eigenvalue weighted by atomic mass is 32.2. The van der Waals surface area contributed by atoms with Gasteiger partial charge in [0, 0.05) is 6.54 Å². The second kappa shape index (κ2) is 19.3. The molecule has 2 aromatic heterocycles. The number of nitrogen functional groups attached to an aromatic ring is 2. The quantitative estimate of drug-likeness (QED) is 0.0848. The molecule has 0 saturated heterocycles. The lowest BCUT2D eigenvalue weighted by Gasteiger charge is -2.13. The monoisotopic (exact) mass is 978 g/mol. The summed E-state index contributed by atoms with van der Waals surface area (Å²) in [5.74, 6) is -0.915. The first kappa shape index (κ1) is 47.2. The third-order valence-electron chi connectivity index (χ3n) is 12.1. The van der Waals surface area contributed by atoms with Crippen molar-refractivity contribution >= 4 is 65.2 Å². The lowest BCUT2D eigenvalue weighted by Crippen LogP contribution is -2.19. The van der Waals surface area contributed by atoms with E-state index in [2.05, 4.69) is 22.1 Å². The normalized spacial score (nSPS) is 11.6. The first-order chi connectivity index (χ1) is 34.1. The maximum absolute atomic E-state index is 13.5. The molecule has 0 atom stereocenters. The summed E-state index contributed by atoms with van der Waals surface area (Å²) in [6, 6.07) is 56.3. The van der Waals surface area contributed by atoms with Gasteiger partial charge in [-0.25, -0.2) is 26.8 Å². The van der Waals surface area contributed by atoms with Crippen molar-refractivity contribution in [1.29, 1.82) is 0 Å². The predicted molar refractivity (Wildman–Crippen MR) is 276 cm³/mol. The molecule has 0 aliphatic carbocycles. The van der Waals surface area contributed by atoms with Crippen LogP contribution in [0.3, 0.4) is 0 Å². The van der Waals surface area contributed by atoms with Crippen LogP contribution in [0.15, 0.2) is 208 Å². The maximum atomic E-state index is 13.5. The third kappa shape index (κ3) is 9.36. The van der Waals surface area contributed by atoms with Gasteiger partial charge in [0.05, 0.1) is 54.0 Å². The molecule has 0 aliphatic heterocycles. The summed E-state index contributed by atoms with van der Waals surface area (Å²) in [5.41, 5.74) is 31.3. The molecular formula is C55H46N8O6S2. The second-order valence-corrected chi connectivity index (χ2v) is 20.5. The number of hydrogen-bond donors (Lipinski definition) is 4. The molecule has 354 valence electrons. The summed E-state index contributed by atoms with van der Waals surface area (Å²) in [4.78, 5) is 33.3. The number of fused-ring (bicyclic) bond motifs is 2. The van der Waals surface area contributed by atoms with Gasteiger partial charge >= 0.3 is 0 Å². The van der Waals surface area contributed by atoms with Crippen LogP contribution in [0.2, 0.25) is 0 Å². The number of benzene rings is 8. The fourth-order valence-corrected chi connectivity index (χ4v) is 11.3. The van der Waals surface area contributed by atoms with Gasteiger partial charge in [-0.15, -0.1) is 0 Å². The van der Waals surface area contributed by atoms with Gasteiger partial charge in [-0.2, -0.15) is 0 Å². The Morgan fingerprint density at radius 3 is 1.39 bits per heavy atom. The lowest BCUT2D eigenvalue weighted by atomic mass is 10.0. The Bertz CT molecular complexity index is 3850. The van der Waals surface area contributed by atoms with Gasteiger partial charge in [-0.3, -0.25) is 9.59 Å². The lowest BCUT2D eigenvalue weighted by molar-refractivity contribution is 0.0991. The Morgan fingerprint density at radius 2 is 0.915 bits per heavy atom. The number of hydrogen-bond acceptors (Lipinski definition) is 10. The number of carbonyl (C=O) groups excluding carboxylic acids is 2. The van der Waals surface area contributed by atoms with Crippen molar-refractivity contribution in [2.45, 2.75) is 39.6 Å². The molecule has 2 amide bonds. The van der Waals surface area contributed by atoms with E-state index >= 15 is 0 Å². The molecule has 0 aliphatic rings. The third-order valence-corrected chi connectivity index (χ3v) is 15.7. The number of amides is 2. The van der Waals surface area contributed by atoms with Gasteiger partial charge in [0.25, 0.3) is 11.8 Å². The molecule has 8 aromatic carbocycles. The Balaban J connectivity index is 0.000000176. The van der Waals surface area contributed by atoms with Crippen molar-refractivity contribution in [2.75, 3.05) is 11.5 Å².